The third kappa shape index (κ3) is 6.51. The summed E-state index contributed by atoms with van der Waals surface area (Å²) in [7, 11) is 3.10. The summed E-state index contributed by atoms with van der Waals surface area (Å²) < 4.78 is 15.3. The predicted octanol–water partition coefficient (Wildman–Crippen LogP) is 2.89. The number of hydrogen-bond donors (Lipinski definition) is 1. The minimum atomic E-state index is -0.572. The van der Waals surface area contributed by atoms with E-state index in [1.54, 1.807) is 32.4 Å². The smallest absolute Gasteiger partial charge is 0.331 e. The highest BCUT2D eigenvalue weighted by Gasteiger charge is 2.07. The van der Waals surface area contributed by atoms with Crippen LogP contribution in [-0.2, 0) is 20.9 Å². The molecule has 0 spiro atoms. The van der Waals surface area contributed by atoms with Crippen LogP contribution in [-0.4, -0.2) is 32.7 Å². The maximum Gasteiger partial charge on any atom is 0.331 e. The number of amides is 1. The number of benzene rings is 2. The van der Waals surface area contributed by atoms with Crippen molar-refractivity contribution in [3.8, 4) is 11.5 Å². The summed E-state index contributed by atoms with van der Waals surface area (Å²) in [6.07, 6.45) is 2.94. The normalized spacial score (nSPS) is 10.5. The molecule has 2 rings (SSSR count). The van der Waals surface area contributed by atoms with E-state index in [-0.39, 0.29) is 19.1 Å². The lowest BCUT2D eigenvalue weighted by Crippen LogP contribution is -2.28. The van der Waals surface area contributed by atoms with Crippen molar-refractivity contribution in [3.63, 3.8) is 0 Å². The van der Waals surface area contributed by atoms with Gasteiger partial charge in [0.25, 0.3) is 5.91 Å². The van der Waals surface area contributed by atoms with Crippen LogP contribution in [0.5, 0.6) is 11.5 Å². The van der Waals surface area contributed by atoms with Crippen LogP contribution in [0.2, 0.25) is 0 Å². The van der Waals surface area contributed by atoms with Gasteiger partial charge in [-0.3, -0.25) is 4.79 Å². The van der Waals surface area contributed by atoms with Gasteiger partial charge in [0.05, 0.1) is 14.2 Å². The zero-order valence-electron chi connectivity index (χ0n) is 15.7. The molecule has 0 heterocycles. The third-order valence-corrected chi connectivity index (χ3v) is 3.77. The molecule has 0 aliphatic heterocycles. The van der Waals surface area contributed by atoms with Crippen LogP contribution in [0.3, 0.4) is 0 Å². The van der Waals surface area contributed by atoms with Gasteiger partial charge >= 0.3 is 5.97 Å². The molecule has 0 aliphatic rings. The number of carbonyl (C=O) groups excluding carboxylic acids is 2. The van der Waals surface area contributed by atoms with Gasteiger partial charge in [0.2, 0.25) is 0 Å². The first-order chi connectivity index (χ1) is 13.0. The molecule has 0 saturated carbocycles. The van der Waals surface area contributed by atoms with Crippen molar-refractivity contribution >= 4 is 18.0 Å². The first kappa shape index (κ1) is 20.0. The molecule has 0 aromatic heterocycles. The van der Waals surface area contributed by atoms with Crippen LogP contribution in [0.15, 0.2) is 48.5 Å². The van der Waals surface area contributed by atoms with Crippen molar-refractivity contribution in [2.75, 3.05) is 20.8 Å². The molecule has 0 saturated heterocycles. The van der Waals surface area contributed by atoms with E-state index in [2.05, 4.69) is 5.32 Å². The summed E-state index contributed by atoms with van der Waals surface area (Å²) in [4.78, 5) is 23.5. The van der Waals surface area contributed by atoms with Gasteiger partial charge in [-0.05, 0) is 36.3 Å². The fraction of sp³-hybridized carbons (Fsp3) is 0.238. The summed E-state index contributed by atoms with van der Waals surface area (Å²) in [5, 5.41) is 2.69. The first-order valence-electron chi connectivity index (χ1n) is 8.41. The number of esters is 1. The maximum atomic E-state index is 11.8. The topological polar surface area (TPSA) is 73.9 Å². The predicted molar refractivity (Wildman–Crippen MR) is 103 cm³/mol. The Balaban J connectivity index is 1.77. The molecule has 27 heavy (non-hydrogen) atoms. The number of carbonyl (C=O) groups is 2. The van der Waals surface area contributed by atoms with E-state index in [1.807, 2.05) is 37.3 Å². The average Bonchev–Trinajstić information content (AvgIpc) is 2.69. The molecule has 6 nitrogen and oxygen atoms in total. The van der Waals surface area contributed by atoms with E-state index in [1.165, 1.54) is 6.08 Å². The van der Waals surface area contributed by atoms with Crippen LogP contribution in [0, 0.1) is 6.92 Å². The fourth-order valence-electron chi connectivity index (χ4n) is 2.27. The SMILES string of the molecule is COc1ccc(CNC(=O)COC(=O)/C=C/c2ccc(C)cc2)cc1OC. The van der Waals surface area contributed by atoms with Gasteiger partial charge in [-0.1, -0.05) is 35.9 Å². The molecule has 142 valence electrons. The molecule has 0 fully saturated rings. The number of rotatable bonds is 8. The largest absolute Gasteiger partial charge is 0.493 e. The number of nitrogens with one attached hydrogen (secondary N) is 1. The molecule has 0 unspecified atom stereocenters. The van der Waals surface area contributed by atoms with Crippen molar-refractivity contribution in [2.45, 2.75) is 13.5 Å². The van der Waals surface area contributed by atoms with E-state index in [4.69, 9.17) is 14.2 Å². The van der Waals surface area contributed by atoms with Crippen molar-refractivity contribution in [2.24, 2.45) is 0 Å². The number of methoxy groups -OCH3 is 2. The van der Waals surface area contributed by atoms with Crippen LogP contribution >= 0.6 is 0 Å². The van der Waals surface area contributed by atoms with E-state index >= 15 is 0 Å². The molecule has 0 aliphatic carbocycles. The maximum absolute atomic E-state index is 11.8. The highest BCUT2D eigenvalue weighted by molar-refractivity contribution is 5.89. The minimum Gasteiger partial charge on any atom is -0.493 e. The molecule has 2 aromatic rings. The van der Waals surface area contributed by atoms with Gasteiger partial charge in [0, 0.05) is 12.6 Å². The Morgan fingerprint density at radius 2 is 1.70 bits per heavy atom. The van der Waals surface area contributed by atoms with Gasteiger partial charge < -0.3 is 19.5 Å². The van der Waals surface area contributed by atoms with Gasteiger partial charge in [0.15, 0.2) is 18.1 Å². The van der Waals surface area contributed by atoms with E-state index in [0.29, 0.717) is 11.5 Å². The highest BCUT2D eigenvalue weighted by atomic mass is 16.5. The standard InChI is InChI=1S/C21H23NO5/c1-15-4-6-16(7-5-15)9-11-21(24)27-14-20(23)22-13-17-8-10-18(25-2)19(12-17)26-3/h4-12H,13-14H2,1-3H3,(H,22,23)/b11-9+. The molecule has 6 heteroatoms. The van der Waals surface area contributed by atoms with Crippen molar-refractivity contribution in [3.05, 3.63) is 65.2 Å². The Labute approximate surface area is 158 Å². The lowest BCUT2D eigenvalue weighted by molar-refractivity contribution is -0.143. The lowest BCUT2D eigenvalue weighted by Gasteiger charge is -2.10. The van der Waals surface area contributed by atoms with E-state index in [9.17, 15) is 9.59 Å². The second-order valence-corrected chi connectivity index (χ2v) is 5.82. The van der Waals surface area contributed by atoms with Crippen molar-refractivity contribution in [1.29, 1.82) is 0 Å². The van der Waals surface area contributed by atoms with Crippen molar-refractivity contribution < 1.29 is 23.8 Å². The summed E-state index contributed by atoms with van der Waals surface area (Å²) in [6.45, 7) is 1.93. The summed E-state index contributed by atoms with van der Waals surface area (Å²) in [5.74, 6) is 0.234. The Morgan fingerprint density at radius 1 is 1.00 bits per heavy atom. The molecule has 0 bridgehead atoms. The molecule has 1 N–H and O–H groups in total. The van der Waals surface area contributed by atoms with Crippen LogP contribution in [0.1, 0.15) is 16.7 Å². The Hall–Kier alpha value is -3.28. The molecule has 0 atom stereocenters. The summed E-state index contributed by atoms with van der Waals surface area (Å²) in [6, 6.07) is 13.0. The zero-order chi connectivity index (χ0) is 19.6. The van der Waals surface area contributed by atoms with Crippen LogP contribution in [0.25, 0.3) is 6.08 Å². The Morgan fingerprint density at radius 3 is 2.37 bits per heavy atom. The number of ether oxygens (including phenoxy) is 3. The summed E-state index contributed by atoms with van der Waals surface area (Å²) in [5.41, 5.74) is 2.86. The molecule has 0 radical (unpaired) electrons. The number of hydrogen-bond acceptors (Lipinski definition) is 5. The van der Waals surface area contributed by atoms with Crippen LogP contribution < -0.4 is 14.8 Å². The average molecular weight is 369 g/mol. The molecule has 2 aromatic carbocycles. The minimum absolute atomic E-state index is 0.288. The molecular weight excluding hydrogens is 346 g/mol. The van der Waals surface area contributed by atoms with Gasteiger partial charge in [0.1, 0.15) is 0 Å². The van der Waals surface area contributed by atoms with E-state index in [0.717, 1.165) is 16.7 Å². The van der Waals surface area contributed by atoms with E-state index < -0.39 is 5.97 Å². The Bertz CT molecular complexity index is 812. The van der Waals surface area contributed by atoms with Gasteiger partial charge in [-0.25, -0.2) is 4.79 Å². The molecule has 1 amide bonds. The fourth-order valence-corrected chi connectivity index (χ4v) is 2.27. The second kappa shape index (κ2) is 10.0. The first-order valence-corrected chi connectivity index (χ1v) is 8.41. The van der Waals surface area contributed by atoms with Gasteiger partial charge in [-0.2, -0.15) is 0 Å². The van der Waals surface area contributed by atoms with Crippen LogP contribution in [0.4, 0.5) is 0 Å². The summed E-state index contributed by atoms with van der Waals surface area (Å²) >= 11 is 0. The quantitative estimate of drug-likeness (QED) is 0.572. The third-order valence-electron chi connectivity index (χ3n) is 3.77. The lowest BCUT2D eigenvalue weighted by atomic mass is 10.1. The zero-order valence-corrected chi connectivity index (χ0v) is 15.7. The second-order valence-electron chi connectivity index (χ2n) is 5.82. The highest BCUT2D eigenvalue weighted by Crippen LogP contribution is 2.27. The molecular formula is C21H23NO5. The number of aryl methyl sites for hydroxylation is 1. The monoisotopic (exact) mass is 369 g/mol. The Kier molecular flexibility index (Phi) is 7.43. The van der Waals surface area contributed by atoms with Crippen molar-refractivity contribution in [1.82, 2.24) is 5.32 Å². The van der Waals surface area contributed by atoms with Gasteiger partial charge in [-0.15, -0.1) is 0 Å².